The number of ether oxygens (including phenoxy) is 1. The van der Waals surface area contributed by atoms with Gasteiger partial charge in [-0.25, -0.2) is 0 Å². The molecule has 0 aliphatic carbocycles. The monoisotopic (exact) mass is 280 g/mol. The Morgan fingerprint density at radius 1 is 1.17 bits per heavy atom. The van der Waals surface area contributed by atoms with Crippen molar-refractivity contribution in [3.63, 3.8) is 0 Å². The molecule has 2 aromatic rings. The molecule has 0 aliphatic rings. The van der Waals surface area contributed by atoms with E-state index in [0.717, 1.165) is 11.1 Å². The van der Waals surface area contributed by atoms with Crippen LogP contribution in [-0.4, -0.2) is 12.4 Å². The summed E-state index contributed by atoms with van der Waals surface area (Å²) in [7, 11) is 1.57. The Balaban J connectivity index is 2.60. The van der Waals surface area contributed by atoms with Gasteiger partial charge in [0.05, 0.1) is 7.11 Å². The van der Waals surface area contributed by atoms with E-state index in [1.54, 1.807) is 31.4 Å². The molecule has 4 heteroatoms. The van der Waals surface area contributed by atoms with Gasteiger partial charge in [-0.2, -0.15) is 0 Å². The molecule has 2 nitrogen and oxygen atoms in total. The Labute approximate surface area is 115 Å². The van der Waals surface area contributed by atoms with E-state index in [0.29, 0.717) is 16.3 Å². The molecule has 0 N–H and O–H groups in total. The first-order valence-corrected chi connectivity index (χ1v) is 6.01. The minimum Gasteiger partial charge on any atom is -0.496 e. The molecule has 0 atom stereocenters. The fraction of sp³-hybridized carbons (Fsp3) is 0.0714. The molecule has 0 unspecified atom stereocenters. The number of carbonyl (C=O) groups excluding carboxylic acids is 1. The first-order valence-electron chi connectivity index (χ1n) is 5.25. The van der Waals surface area contributed by atoms with Crippen LogP contribution in [0.2, 0.25) is 5.02 Å². The van der Waals surface area contributed by atoms with Gasteiger partial charge in [-0.1, -0.05) is 23.7 Å². The molecule has 0 spiro atoms. The van der Waals surface area contributed by atoms with E-state index >= 15 is 0 Å². The maximum Gasteiger partial charge on any atom is 0.252 e. The topological polar surface area (TPSA) is 26.3 Å². The van der Waals surface area contributed by atoms with Gasteiger partial charge in [0.15, 0.2) is 0 Å². The highest BCUT2D eigenvalue weighted by Gasteiger charge is 2.10. The van der Waals surface area contributed by atoms with Crippen LogP contribution in [0.1, 0.15) is 10.4 Å². The summed E-state index contributed by atoms with van der Waals surface area (Å²) in [5.41, 5.74) is 2.08. The molecule has 0 radical (unpaired) electrons. The van der Waals surface area contributed by atoms with Crippen molar-refractivity contribution in [2.75, 3.05) is 7.11 Å². The zero-order valence-electron chi connectivity index (χ0n) is 9.61. The fourth-order valence-corrected chi connectivity index (χ4v) is 2.02. The minimum atomic E-state index is -0.499. The maximum absolute atomic E-state index is 11.2. The lowest BCUT2D eigenvalue weighted by Crippen LogP contribution is -1.93. The molecule has 92 valence electrons. The Bertz CT molecular complexity index is 594. The zero-order chi connectivity index (χ0) is 13.1. The van der Waals surface area contributed by atoms with Crippen LogP contribution in [0.15, 0.2) is 42.5 Å². The standard InChI is InChI=1S/C14H10Cl2O2/c1-18-13-6-5-10(14(16)17)8-12(13)9-3-2-4-11(15)7-9/h2-8H,1H3. The molecule has 2 rings (SSSR count). The zero-order valence-corrected chi connectivity index (χ0v) is 11.1. The quantitative estimate of drug-likeness (QED) is 0.780. The van der Waals surface area contributed by atoms with Crippen LogP contribution >= 0.6 is 23.2 Å². The summed E-state index contributed by atoms with van der Waals surface area (Å²) in [5.74, 6) is 0.666. The lowest BCUT2D eigenvalue weighted by Gasteiger charge is -2.10. The van der Waals surface area contributed by atoms with Crippen LogP contribution in [0, 0.1) is 0 Å². The van der Waals surface area contributed by atoms with Gasteiger partial charge >= 0.3 is 0 Å². The molecule has 0 aliphatic heterocycles. The maximum atomic E-state index is 11.2. The summed E-state index contributed by atoms with van der Waals surface area (Å²) in [6.45, 7) is 0. The highest BCUT2D eigenvalue weighted by molar-refractivity contribution is 6.67. The molecule has 0 saturated carbocycles. The largest absolute Gasteiger partial charge is 0.496 e. The average molecular weight is 281 g/mol. The van der Waals surface area contributed by atoms with Crippen molar-refractivity contribution in [3.05, 3.63) is 53.1 Å². The lowest BCUT2D eigenvalue weighted by atomic mass is 10.0. The molecule has 0 heterocycles. The minimum absolute atomic E-state index is 0.424. The number of halogens is 2. The van der Waals surface area contributed by atoms with Crippen molar-refractivity contribution in [2.45, 2.75) is 0 Å². The van der Waals surface area contributed by atoms with Crippen molar-refractivity contribution in [2.24, 2.45) is 0 Å². The lowest BCUT2D eigenvalue weighted by molar-refractivity contribution is 0.108. The summed E-state index contributed by atoms with van der Waals surface area (Å²) in [6, 6.07) is 12.4. The summed E-state index contributed by atoms with van der Waals surface area (Å²) in [6.07, 6.45) is 0. The van der Waals surface area contributed by atoms with Crippen LogP contribution in [0.4, 0.5) is 0 Å². The Morgan fingerprint density at radius 2 is 1.94 bits per heavy atom. The third-order valence-electron chi connectivity index (χ3n) is 2.56. The summed E-state index contributed by atoms with van der Waals surface area (Å²) >= 11 is 11.4. The van der Waals surface area contributed by atoms with E-state index in [-0.39, 0.29) is 0 Å². The summed E-state index contributed by atoms with van der Waals surface area (Å²) in [4.78, 5) is 11.2. The third kappa shape index (κ3) is 2.66. The van der Waals surface area contributed by atoms with Gasteiger partial charge in [0, 0.05) is 16.1 Å². The van der Waals surface area contributed by atoms with Crippen molar-refractivity contribution in [1.29, 1.82) is 0 Å². The van der Waals surface area contributed by atoms with Gasteiger partial charge in [0.1, 0.15) is 5.75 Å². The van der Waals surface area contributed by atoms with Gasteiger partial charge in [-0.3, -0.25) is 4.79 Å². The fourth-order valence-electron chi connectivity index (χ4n) is 1.71. The normalized spacial score (nSPS) is 10.2. The Morgan fingerprint density at radius 3 is 2.56 bits per heavy atom. The van der Waals surface area contributed by atoms with Crippen molar-refractivity contribution < 1.29 is 9.53 Å². The SMILES string of the molecule is COc1ccc(C(=O)Cl)cc1-c1cccc(Cl)c1. The van der Waals surface area contributed by atoms with Crippen LogP contribution in [0.5, 0.6) is 5.75 Å². The number of methoxy groups -OCH3 is 1. The van der Waals surface area contributed by atoms with E-state index < -0.39 is 5.24 Å². The van der Waals surface area contributed by atoms with Crippen LogP contribution in [-0.2, 0) is 0 Å². The van der Waals surface area contributed by atoms with Crippen molar-refractivity contribution in [3.8, 4) is 16.9 Å². The predicted octanol–water partition coefficient (Wildman–Crippen LogP) is 4.39. The molecule has 0 aromatic heterocycles. The molecular weight excluding hydrogens is 271 g/mol. The Kier molecular flexibility index (Phi) is 3.90. The highest BCUT2D eigenvalue weighted by Crippen LogP contribution is 2.32. The molecule has 0 fully saturated rings. The molecule has 0 saturated heterocycles. The van der Waals surface area contributed by atoms with Crippen LogP contribution in [0.3, 0.4) is 0 Å². The number of hydrogen-bond donors (Lipinski definition) is 0. The summed E-state index contributed by atoms with van der Waals surface area (Å²) in [5, 5.41) is 0.123. The second-order valence-corrected chi connectivity index (χ2v) is 4.48. The first kappa shape index (κ1) is 12.9. The molecular formula is C14H10Cl2O2. The Hall–Kier alpha value is -1.51. The van der Waals surface area contributed by atoms with Crippen LogP contribution in [0.25, 0.3) is 11.1 Å². The van der Waals surface area contributed by atoms with E-state index in [4.69, 9.17) is 27.9 Å². The van der Waals surface area contributed by atoms with Crippen molar-refractivity contribution in [1.82, 2.24) is 0 Å². The number of benzene rings is 2. The van der Waals surface area contributed by atoms with E-state index in [2.05, 4.69) is 0 Å². The predicted molar refractivity (Wildman–Crippen MR) is 73.6 cm³/mol. The number of hydrogen-bond acceptors (Lipinski definition) is 2. The number of rotatable bonds is 3. The first-order chi connectivity index (χ1) is 8.61. The van der Waals surface area contributed by atoms with E-state index in [9.17, 15) is 4.79 Å². The molecule has 0 amide bonds. The van der Waals surface area contributed by atoms with E-state index in [1.807, 2.05) is 18.2 Å². The van der Waals surface area contributed by atoms with Gasteiger partial charge in [-0.15, -0.1) is 0 Å². The molecule has 2 aromatic carbocycles. The average Bonchev–Trinajstić information content (AvgIpc) is 2.38. The van der Waals surface area contributed by atoms with E-state index in [1.165, 1.54) is 0 Å². The van der Waals surface area contributed by atoms with Crippen molar-refractivity contribution >= 4 is 28.4 Å². The highest BCUT2D eigenvalue weighted by atomic mass is 35.5. The van der Waals surface area contributed by atoms with Gasteiger partial charge in [0.2, 0.25) is 0 Å². The summed E-state index contributed by atoms with van der Waals surface area (Å²) < 4.78 is 5.28. The van der Waals surface area contributed by atoms with Gasteiger partial charge in [-0.05, 0) is 47.5 Å². The smallest absolute Gasteiger partial charge is 0.252 e. The van der Waals surface area contributed by atoms with Crippen LogP contribution < -0.4 is 4.74 Å². The molecule has 0 bridgehead atoms. The second-order valence-electron chi connectivity index (χ2n) is 3.70. The second kappa shape index (κ2) is 5.42. The van der Waals surface area contributed by atoms with Gasteiger partial charge in [0.25, 0.3) is 5.24 Å². The molecule has 18 heavy (non-hydrogen) atoms. The van der Waals surface area contributed by atoms with Gasteiger partial charge < -0.3 is 4.74 Å². The number of carbonyl (C=O) groups is 1. The third-order valence-corrected chi connectivity index (χ3v) is 3.02.